The van der Waals surface area contributed by atoms with Crippen molar-refractivity contribution in [1.29, 1.82) is 0 Å². The molecule has 0 aliphatic heterocycles. The van der Waals surface area contributed by atoms with Crippen molar-refractivity contribution in [3.63, 3.8) is 0 Å². The van der Waals surface area contributed by atoms with Crippen molar-refractivity contribution in [3.05, 3.63) is 18.2 Å². The Morgan fingerprint density at radius 1 is 1.24 bits per heavy atom. The molecule has 0 unspecified atom stereocenters. The number of nitrogens with zero attached hydrogens (tertiary/aromatic N) is 2. The summed E-state index contributed by atoms with van der Waals surface area (Å²) in [5.41, 5.74) is 0. The lowest BCUT2D eigenvalue weighted by Crippen LogP contribution is -2.20. The van der Waals surface area contributed by atoms with Crippen LogP contribution in [-0.2, 0) is 4.74 Å². The molecule has 1 aromatic rings. The number of anilines is 2. The van der Waals surface area contributed by atoms with Crippen molar-refractivity contribution in [2.45, 2.75) is 0 Å². The summed E-state index contributed by atoms with van der Waals surface area (Å²) in [4.78, 5) is 6.45. The Balaban J connectivity index is 2.13. The van der Waals surface area contributed by atoms with Crippen LogP contribution >= 0.6 is 0 Å². The number of likely N-dealkylation sites (N-methyl/N-ethyl adjacent to an activating group) is 1. The number of nitrogens with one attached hydrogen (secondary N) is 2. The van der Waals surface area contributed by atoms with E-state index in [-0.39, 0.29) is 0 Å². The zero-order valence-electron chi connectivity index (χ0n) is 10.9. The van der Waals surface area contributed by atoms with Crippen LogP contribution in [0.15, 0.2) is 18.2 Å². The molecule has 1 rings (SSSR count). The fourth-order valence-corrected chi connectivity index (χ4v) is 1.27. The second-order valence-corrected chi connectivity index (χ2v) is 4.00. The van der Waals surface area contributed by atoms with E-state index < -0.39 is 0 Å². The van der Waals surface area contributed by atoms with Gasteiger partial charge in [0.2, 0.25) is 0 Å². The molecule has 0 saturated heterocycles. The molecule has 0 radical (unpaired) electrons. The maximum Gasteiger partial charge on any atom is 0.128 e. The number of rotatable bonds is 8. The zero-order valence-corrected chi connectivity index (χ0v) is 10.9. The van der Waals surface area contributed by atoms with E-state index in [0.717, 1.165) is 31.3 Å². The SMILES string of the molecule is CNc1cccc(NCCOCCN(C)C)n1. The molecule has 0 saturated carbocycles. The number of ether oxygens (including phenoxy) is 1. The highest BCUT2D eigenvalue weighted by Gasteiger charge is 1.95. The molecule has 2 N–H and O–H groups in total. The number of hydrogen-bond acceptors (Lipinski definition) is 5. The fourth-order valence-electron chi connectivity index (χ4n) is 1.27. The lowest BCUT2D eigenvalue weighted by Gasteiger charge is -2.10. The molecule has 0 aliphatic carbocycles. The fraction of sp³-hybridized carbons (Fsp3) is 0.583. The standard InChI is InChI=1S/C12H22N4O/c1-13-11-5-4-6-12(15-11)14-7-9-17-10-8-16(2)3/h4-6H,7-10H2,1-3H3,(H2,13,14,15). The molecule has 0 amide bonds. The van der Waals surface area contributed by atoms with Gasteiger partial charge in [0.05, 0.1) is 13.2 Å². The van der Waals surface area contributed by atoms with Gasteiger partial charge in [-0.3, -0.25) is 0 Å². The molecule has 1 aromatic heterocycles. The smallest absolute Gasteiger partial charge is 0.128 e. The topological polar surface area (TPSA) is 49.4 Å². The van der Waals surface area contributed by atoms with Gasteiger partial charge in [-0.2, -0.15) is 0 Å². The van der Waals surface area contributed by atoms with Crippen molar-refractivity contribution < 1.29 is 4.74 Å². The molecule has 0 bridgehead atoms. The molecule has 5 nitrogen and oxygen atoms in total. The van der Waals surface area contributed by atoms with E-state index in [1.165, 1.54) is 0 Å². The zero-order chi connectivity index (χ0) is 12.5. The lowest BCUT2D eigenvalue weighted by molar-refractivity contribution is 0.126. The first-order valence-electron chi connectivity index (χ1n) is 5.83. The molecule has 0 aliphatic rings. The van der Waals surface area contributed by atoms with E-state index in [1.807, 2.05) is 39.3 Å². The second-order valence-electron chi connectivity index (χ2n) is 4.00. The van der Waals surface area contributed by atoms with Gasteiger partial charge < -0.3 is 20.3 Å². The minimum atomic E-state index is 0.694. The van der Waals surface area contributed by atoms with Gasteiger partial charge in [-0.1, -0.05) is 6.07 Å². The van der Waals surface area contributed by atoms with Crippen LogP contribution in [0.2, 0.25) is 0 Å². The van der Waals surface area contributed by atoms with Crippen LogP contribution in [0.3, 0.4) is 0 Å². The minimum absolute atomic E-state index is 0.694. The van der Waals surface area contributed by atoms with Crippen LogP contribution in [0.1, 0.15) is 0 Å². The van der Waals surface area contributed by atoms with Gasteiger partial charge in [0.1, 0.15) is 11.6 Å². The third-order valence-corrected chi connectivity index (χ3v) is 2.24. The number of pyridine rings is 1. The van der Waals surface area contributed by atoms with Crippen molar-refractivity contribution in [1.82, 2.24) is 9.88 Å². The first-order chi connectivity index (χ1) is 8.22. The first-order valence-corrected chi connectivity index (χ1v) is 5.83. The average molecular weight is 238 g/mol. The molecule has 96 valence electrons. The van der Waals surface area contributed by atoms with Crippen LogP contribution in [0.4, 0.5) is 11.6 Å². The summed E-state index contributed by atoms with van der Waals surface area (Å²) in [6.07, 6.45) is 0. The molecular weight excluding hydrogens is 216 g/mol. The maximum absolute atomic E-state index is 5.48. The molecular formula is C12H22N4O. The van der Waals surface area contributed by atoms with E-state index >= 15 is 0 Å². The van der Waals surface area contributed by atoms with Gasteiger partial charge in [0.15, 0.2) is 0 Å². The Morgan fingerprint density at radius 2 is 2.00 bits per heavy atom. The molecule has 0 fully saturated rings. The molecule has 1 heterocycles. The molecule has 17 heavy (non-hydrogen) atoms. The predicted molar refractivity (Wildman–Crippen MR) is 71.6 cm³/mol. The second kappa shape index (κ2) is 7.86. The largest absolute Gasteiger partial charge is 0.378 e. The van der Waals surface area contributed by atoms with Crippen molar-refractivity contribution >= 4 is 11.6 Å². The third kappa shape index (κ3) is 6.09. The van der Waals surface area contributed by atoms with Crippen LogP contribution in [0.5, 0.6) is 0 Å². The number of hydrogen-bond donors (Lipinski definition) is 2. The van der Waals surface area contributed by atoms with Gasteiger partial charge in [-0.15, -0.1) is 0 Å². The van der Waals surface area contributed by atoms with Crippen LogP contribution in [0, 0.1) is 0 Å². The normalized spacial score (nSPS) is 10.6. The van der Waals surface area contributed by atoms with E-state index in [9.17, 15) is 0 Å². The van der Waals surface area contributed by atoms with Gasteiger partial charge in [-0.25, -0.2) is 4.98 Å². The Hall–Kier alpha value is -1.33. The molecule has 0 aromatic carbocycles. The Bertz CT molecular complexity index is 317. The van der Waals surface area contributed by atoms with Crippen LogP contribution < -0.4 is 10.6 Å². The molecule has 0 spiro atoms. The van der Waals surface area contributed by atoms with Crippen molar-refractivity contribution in [3.8, 4) is 0 Å². The summed E-state index contributed by atoms with van der Waals surface area (Å²) >= 11 is 0. The molecule has 0 atom stereocenters. The summed E-state index contributed by atoms with van der Waals surface area (Å²) in [5.74, 6) is 1.73. The van der Waals surface area contributed by atoms with E-state index in [4.69, 9.17) is 4.74 Å². The van der Waals surface area contributed by atoms with Crippen molar-refractivity contribution in [2.24, 2.45) is 0 Å². The Labute approximate surface area is 103 Å². The minimum Gasteiger partial charge on any atom is -0.378 e. The number of aromatic nitrogens is 1. The maximum atomic E-state index is 5.48. The van der Waals surface area contributed by atoms with E-state index in [0.29, 0.717) is 6.61 Å². The summed E-state index contributed by atoms with van der Waals surface area (Å²) in [7, 11) is 5.93. The van der Waals surface area contributed by atoms with Gasteiger partial charge in [0, 0.05) is 20.1 Å². The summed E-state index contributed by atoms with van der Waals surface area (Å²) in [6.45, 7) is 3.18. The predicted octanol–water partition coefficient (Wildman–Crippen LogP) is 1.11. The monoisotopic (exact) mass is 238 g/mol. The Morgan fingerprint density at radius 3 is 2.71 bits per heavy atom. The highest BCUT2D eigenvalue weighted by atomic mass is 16.5. The first kappa shape index (κ1) is 13.7. The van der Waals surface area contributed by atoms with Gasteiger partial charge >= 0.3 is 0 Å². The van der Waals surface area contributed by atoms with E-state index in [1.54, 1.807) is 0 Å². The third-order valence-electron chi connectivity index (χ3n) is 2.24. The van der Waals surface area contributed by atoms with Gasteiger partial charge in [0.25, 0.3) is 0 Å². The van der Waals surface area contributed by atoms with Crippen LogP contribution in [-0.4, -0.2) is 57.3 Å². The lowest BCUT2D eigenvalue weighted by atomic mass is 10.4. The quantitative estimate of drug-likeness (QED) is 0.665. The Kier molecular flexibility index (Phi) is 6.35. The summed E-state index contributed by atoms with van der Waals surface area (Å²) in [5, 5.41) is 6.22. The molecule has 5 heteroatoms. The highest BCUT2D eigenvalue weighted by Crippen LogP contribution is 2.07. The average Bonchev–Trinajstić information content (AvgIpc) is 2.33. The summed E-state index contributed by atoms with van der Waals surface area (Å²) in [6, 6.07) is 5.84. The van der Waals surface area contributed by atoms with Crippen LogP contribution in [0.25, 0.3) is 0 Å². The summed E-state index contributed by atoms with van der Waals surface area (Å²) < 4.78 is 5.48. The van der Waals surface area contributed by atoms with Gasteiger partial charge in [-0.05, 0) is 26.2 Å². The highest BCUT2D eigenvalue weighted by molar-refractivity contribution is 5.44. The van der Waals surface area contributed by atoms with Crippen molar-refractivity contribution in [2.75, 3.05) is 58.1 Å². The van der Waals surface area contributed by atoms with E-state index in [2.05, 4.69) is 20.5 Å².